The first-order valence-electron chi connectivity index (χ1n) is 38.1. The SMILES string of the molecule is CCCCCCC/C=C\C/C=C\C/C=C\CCCCCCCCCCCCCCCCCCCCCCCCCCC(=O)OC(COC(=O)CCCCCCCCCCCC/C=C\C/C=C\C/C=C\CCCCCCC)COC(OCC[N+](C)(C)C)C(=O)[O-]. The van der Waals surface area contributed by atoms with Crippen LogP contribution in [-0.2, 0) is 33.3 Å². The van der Waals surface area contributed by atoms with Gasteiger partial charge in [0.1, 0.15) is 13.2 Å². The van der Waals surface area contributed by atoms with Crippen LogP contribution in [0.4, 0.5) is 0 Å². The van der Waals surface area contributed by atoms with Gasteiger partial charge in [0.15, 0.2) is 12.4 Å². The molecule has 0 bridgehead atoms. The molecule has 0 rings (SSSR count). The van der Waals surface area contributed by atoms with Crippen molar-refractivity contribution in [2.24, 2.45) is 0 Å². The standard InChI is InChI=1S/C80H145NO8/c1-6-8-10-12-14-16-18-20-22-24-26-28-30-32-33-34-35-36-37-38-39-40-41-42-43-44-45-47-49-51-53-55-57-59-61-63-65-67-69-71-78(83)89-76(75-88-80(79(84)85)86-73-72-81(3,4)5)74-87-77(82)70-68-66-64-62-60-58-56-54-52-50-48-46-31-29-27-25-23-21-19-17-15-13-11-9-7-2/h18-21,24-27,30-32,46,76,80H,6-17,22-23,28-29,33-45,47-75H2,1-5H3/b20-18-,21-19-,26-24-,27-25-,32-30-,46-31-. The molecule has 0 aliphatic heterocycles. The summed E-state index contributed by atoms with van der Waals surface area (Å²) in [4.78, 5) is 37.5. The lowest BCUT2D eigenvalue weighted by Crippen LogP contribution is -2.44. The van der Waals surface area contributed by atoms with E-state index in [2.05, 4.69) is 86.8 Å². The first-order valence-corrected chi connectivity index (χ1v) is 38.1. The maximum Gasteiger partial charge on any atom is 0.306 e. The first-order chi connectivity index (χ1) is 43.6. The summed E-state index contributed by atoms with van der Waals surface area (Å²) in [5.74, 6) is -2.27. The van der Waals surface area contributed by atoms with E-state index in [4.69, 9.17) is 18.9 Å². The molecule has 0 N–H and O–H groups in total. The molecule has 9 heteroatoms. The monoisotopic (exact) mass is 1250 g/mol. The van der Waals surface area contributed by atoms with E-state index in [0.29, 0.717) is 17.4 Å². The average molecular weight is 1250 g/mol. The van der Waals surface area contributed by atoms with E-state index in [9.17, 15) is 19.5 Å². The molecule has 0 aliphatic rings. The fourth-order valence-electron chi connectivity index (χ4n) is 11.1. The maximum absolute atomic E-state index is 13.0. The number of nitrogens with zero attached hydrogens (tertiary/aromatic N) is 1. The summed E-state index contributed by atoms with van der Waals surface area (Å²) in [6.07, 6.45) is 91.5. The number of unbranched alkanes of at least 4 members (excludes halogenated alkanes) is 44. The minimum absolute atomic E-state index is 0.147. The van der Waals surface area contributed by atoms with Gasteiger partial charge in [-0.25, -0.2) is 0 Å². The number of carboxylic acids is 1. The number of quaternary nitrogens is 1. The predicted octanol–water partition coefficient (Wildman–Crippen LogP) is 22.7. The van der Waals surface area contributed by atoms with Crippen LogP contribution in [-0.4, -0.2) is 82.3 Å². The molecule has 0 saturated carbocycles. The molecule has 89 heavy (non-hydrogen) atoms. The highest BCUT2D eigenvalue weighted by Gasteiger charge is 2.22. The molecule has 518 valence electrons. The Morgan fingerprint density at radius 2 is 0.607 bits per heavy atom. The summed E-state index contributed by atoms with van der Waals surface area (Å²) in [5.41, 5.74) is 0. The number of esters is 2. The van der Waals surface area contributed by atoms with E-state index in [-0.39, 0.29) is 38.6 Å². The smallest absolute Gasteiger partial charge is 0.306 e. The van der Waals surface area contributed by atoms with Crippen molar-refractivity contribution in [3.63, 3.8) is 0 Å². The summed E-state index contributed by atoms with van der Waals surface area (Å²) in [5, 5.41) is 11.8. The minimum Gasteiger partial charge on any atom is -0.545 e. The molecule has 9 nitrogen and oxygen atoms in total. The Bertz CT molecular complexity index is 1690. The summed E-state index contributed by atoms with van der Waals surface area (Å²) in [6.45, 7) is 4.77. The van der Waals surface area contributed by atoms with Crippen LogP contribution >= 0.6 is 0 Å². The van der Waals surface area contributed by atoms with Gasteiger partial charge < -0.3 is 33.3 Å². The highest BCUT2D eigenvalue weighted by atomic mass is 16.7. The van der Waals surface area contributed by atoms with Crippen LogP contribution in [0, 0.1) is 0 Å². The molecule has 0 aromatic heterocycles. The van der Waals surface area contributed by atoms with Crippen molar-refractivity contribution in [3.8, 4) is 0 Å². The van der Waals surface area contributed by atoms with Gasteiger partial charge in [-0.05, 0) is 89.9 Å². The molecule has 0 aromatic carbocycles. The van der Waals surface area contributed by atoms with Crippen LogP contribution in [0.25, 0.3) is 0 Å². The Balaban J connectivity index is 4.01. The van der Waals surface area contributed by atoms with E-state index in [1.807, 2.05) is 21.1 Å². The van der Waals surface area contributed by atoms with E-state index in [1.54, 1.807) is 0 Å². The molecule has 0 heterocycles. The maximum atomic E-state index is 13.0. The van der Waals surface area contributed by atoms with Crippen molar-refractivity contribution >= 4 is 17.9 Å². The second-order valence-electron chi connectivity index (χ2n) is 26.9. The van der Waals surface area contributed by atoms with Crippen LogP contribution in [0.2, 0.25) is 0 Å². The van der Waals surface area contributed by atoms with Crippen molar-refractivity contribution in [2.75, 3.05) is 47.5 Å². The average Bonchev–Trinajstić information content (AvgIpc) is 3.64. The lowest BCUT2D eigenvalue weighted by Gasteiger charge is -2.26. The number of rotatable bonds is 71. The third-order valence-corrected chi connectivity index (χ3v) is 16.9. The van der Waals surface area contributed by atoms with Gasteiger partial charge in [-0.2, -0.15) is 0 Å². The van der Waals surface area contributed by atoms with E-state index < -0.39 is 24.3 Å². The van der Waals surface area contributed by atoms with Gasteiger partial charge in [-0.3, -0.25) is 9.59 Å². The number of hydrogen-bond donors (Lipinski definition) is 0. The normalized spacial score (nSPS) is 13.0. The van der Waals surface area contributed by atoms with E-state index >= 15 is 0 Å². The molecule has 0 saturated heterocycles. The zero-order valence-electron chi connectivity index (χ0n) is 59.3. The molecule has 0 spiro atoms. The van der Waals surface area contributed by atoms with Crippen LogP contribution < -0.4 is 5.11 Å². The molecule has 2 unspecified atom stereocenters. The number of carbonyl (C=O) groups is 3. The van der Waals surface area contributed by atoms with Crippen molar-refractivity contribution in [1.82, 2.24) is 0 Å². The Labute approximate surface area is 551 Å². The van der Waals surface area contributed by atoms with Crippen LogP contribution in [0.15, 0.2) is 72.9 Å². The lowest BCUT2D eigenvalue weighted by atomic mass is 10.0. The van der Waals surface area contributed by atoms with Gasteiger partial charge in [0.2, 0.25) is 0 Å². The number of carbonyl (C=O) groups excluding carboxylic acids is 3. The summed E-state index contributed by atoms with van der Waals surface area (Å²) < 4.78 is 22.8. The molecule has 0 fully saturated rings. The third-order valence-electron chi connectivity index (χ3n) is 16.9. The van der Waals surface area contributed by atoms with Crippen molar-refractivity contribution in [1.29, 1.82) is 0 Å². The quantitative estimate of drug-likeness (QED) is 0.0195. The number of hydrogen-bond acceptors (Lipinski definition) is 8. The molecule has 0 amide bonds. The van der Waals surface area contributed by atoms with Crippen LogP contribution in [0.5, 0.6) is 0 Å². The zero-order valence-corrected chi connectivity index (χ0v) is 59.3. The fraction of sp³-hybridized carbons (Fsp3) is 0.812. The summed E-state index contributed by atoms with van der Waals surface area (Å²) in [7, 11) is 5.94. The Hall–Kier alpha value is -3.27. The Morgan fingerprint density at radius 3 is 0.899 bits per heavy atom. The fourth-order valence-corrected chi connectivity index (χ4v) is 11.1. The van der Waals surface area contributed by atoms with Crippen molar-refractivity contribution in [3.05, 3.63) is 72.9 Å². The first kappa shape index (κ1) is 85.7. The third kappa shape index (κ3) is 72.0. The van der Waals surface area contributed by atoms with Crippen molar-refractivity contribution < 1.29 is 42.9 Å². The molecule has 2 atom stereocenters. The van der Waals surface area contributed by atoms with Gasteiger partial charge in [-0.1, -0.05) is 331 Å². The highest BCUT2D eigenvalue weighted by Crippen LogP contribution is 2.18. The lowest BCUT2D eigenvalue weighted by molar-refractivity contribution is -0.870. The number of aliphatic carboxylic acids is 1. The van der Waals surface area contributed by atoms with Crippen LogP contribution in [0.3, 0.4) is 0 Å². The number of ether oxygens (including phenoxy) is 4. The molecule has 0 radical (unpaired) electrons. The number of likely N-dealkylation sites (N-methyl/N-ethyl adjacent to an activating group) is 1. The Kier molecular flexibility index (Phi) is 68.0. The number of allylic oxidation sites excluding steroid dienone is 12. The summed E-state index contributed by atoms with van der Waals surface area (Å²) in [6, 6.07) is 0. The molecule has 0 aromatic rings. The van der Waals surface area contributed by atoms with E-state index in [1.165, 1.54) is 270 Å². The van der Waals surface area contributed by atoms with Crippen molar-refractivity contribution in [2.45, 2.75) is 373 Å². The van der Waals surface area contributed by atoms with Gasteiger partial charge >= 0.3 is 11.9 Å². The van der Waals surface area contributed by atoms with Gasteiger partial charge in [-0.15, -0.1) is 0 Å². The van der Waals surface area contributed by atoms with Gasteiger partial charge in [0.25, 0.3) is 0 Å². The minimum atomic E-state index is -1.62. The highest BCUT2D eigenvalue weighted by molar-refractivity contribution is 5.70. The number of carboxylic acid groups (broad SMARTS) is 1. The zero-order chi connectivity index (χ0) is 64.7. The molecule has 0 aliphatic carbocycles. The van der Waals surface area contributed by atoms with Crippen LogP contribution in [0.1, 0.15) is 361 Å². The second kappa shape index (κ2) is 70.6. The molecular weight excluding hydrogens is 1100 g/mol. The predicted molar refractivity (Wildman–Crippen MR) is 380 cm³/mol. The summed E-state index contributed by atoms with van der Waals surface area (Å²) >= 11 is 0. The largest absolute Gasteiger partial charge is 0.545 e. The van der Waals surface area contributed by atoms with E-state index in [0.717, 1.165) is 57.8 Å². The second-order valence-corrected chi connectivity index (χ2v) is 26.9. The van der Waals surface area contributed by atoms with Gasteiger partial charge in [0.05, 0.1) is 40.3 Å². The topological polar surface area (TPSA) is 111 Å². The van der Waals surface area contributed by atoms with Gasteiger partial charge in [0, 0.05) is 12.8 Å². The Morgan fingerprint density at radius 1 is 0.337 bits per heavy atom. The molecular formula is C80H145NO8.